The molecule has 0 unspecified atom stereocenters. The second kappa shape index (κ2) is 8.90. The van der Waals surface area contributed by atoms with Gasteiger partial charge in [0.2, 0.25) is 0 Å². The monoisotopic (exact) mass is 468 g/mol. The molecule has 2 aromatic carbocycles. The lowest BCUT2D eigenvalue weighted by Crippen LogP contribution is -2.33. The first-order valence-electron chi connectivity index (χ1n) is 9.72. The number of hydrogen-bond donors (Lipinski definition) is 1. The number of carbonyl (C=O) groups excluding carboxylic acids is 1. The van der Waals surface area contributed by atoms with Crippen molar-refractivity contribution in [3.05, 3.63) is 70.1 Å². The smallest absolute Gasteiger partial charge is 0.323 e. The van der Waals surface area contributed by atoms with Gasteiger partial charge in [-0.25, -0.2) is 0 Å². The minimum atomic E-state index is -1.08. The predicted octanol–water partition coefficient (Wildman–Crippen LogP) is 5.39. The molecule has 1 fully saturated rings. The van der Waals surface area contributed by atoms with Gasteiger partial charge in [-0.1, -0.05) is 72.2 Å². The molecule has 2 heterocycles. The lowest BCUT2D eigenvalue weighted by atomic mass is 10.1. The third-order valence-corrected chi connectivity index (χ3v) is 7.68. The molecule has 0 saturated carbocycles. The Hall–Kier alpha value is -2.55. The molecule has 2 aromatic rings. The van der Waals surface area contributed by atoms with E-state index in [2.05, 4.69) is 42.2 Å². The van der Waals surface area contributed by atoms with E-state index in [4.69, 9.17) is 17.3 Å². The van der Waals surface area contributed by atoms with Gasteiger partial charge in [0.25, 0.3) is 5.91 Å². The maximum Gasteiger partial charge on any atom is 0.323 e. The molecule has 0 radical (unpaired) electrons. The van der Waals surface area contributed by atoms with Crippen LogP contribution < -0.4 is 4.90 Å². The van der Waals surface area contributed by atoms with E-state index in [9.17, 15) is 9.59 Å². The summed E-state index contributed by atoms with van der Waals surface area (Å²) in [6.45, 7) is 4.40. The van der Waals surface area contributed by atoms with Crippen molar-refractivity contribution in [2.75, 3.05) is 18.0 Å². The van der Waals surface area contributed by atoms with Crippen molar-refractivity contribution in [2.24, 2.45) is 0 Å². The SMILES string of the molecule is CCN1C(=CC=CC(C)=C2SC(=S)N(CC(=O)O)C2=O)Sc2cc3ccccc3cc21. The van der Waals surface area contributed by atoms with Crippen molar-refractivity contribution in [1.82, 2.24) is 4.90 Å². The molecular formula is C23H20N2O3S3. The largest absolute Gasteiger partial charge is 0.480 e. The van der Waals surface area contributed by atoms with Gasteiger partial charge in [0.05, 0.1) is 15.6 Å². The van der Waals surface area contributed by atoms with Gasteiger partial charge < -0.3 is 10.0 Å². The Kier molecular flexibility index (Phi) is 6.22. The van der Waals surface area contributed by atoms with E-state index in [1.807, 2.05) is 31.2 Å². The van der Waals surface area contributed by atoms with Crippen molar-refractivity contribution in [1.29, 1.82) is 0 Å². The number of carboxylic acids is 1. The van der Waals surface area contributed by atoms with Crippen molar-refractivity contribution >= 4 is 68.4 Å². The van der Waals surface area contributed by atoms with Crippen LogP contribution in [0.5, 0.6) is 0 Å². The van der Waals surface area contributed by atoms with Crippen molar-refractivity contribution in [2.45, 2.75) is 18.7 Å². The predicted molar refractivity (Wildman–Crippen MR) is 132 cm³/mol. The van der Waals surface area contributed by atoms with E-state index >= 15 is 0 Å². The molecule has 8 heteroatoms. The summed E-state index contributed by atoms with van der Waals surface area (Å²) in [6, 6.07) is 12.8. The van der Waals surface area contributed by atoms with Crippen LogP contribution in [0.25, 0.3) is 10.8 Å². The van der Waals surface area contributed by atoms with Gasteiger partial charge >= 0.3 is 5.97 Å². The number of amides is 1. The topological polar surface area (TPSA) is 60.9 Å². The third-order valence-electron chi connectivity index (χ3n) is 5.00. The zero-order valence-electron chi connectivity index (χ0n) is 17.0. The van der Waals surface area contributed by atoms with Gasteiger partial charge in [-0.15, -0.1) is 0 Å². The number of thiocarbonyl (C=S) groups is 1. The van der Waals surface area contributed by atoms with Crippen LogP contribution in [0, 0.1) is 0 Å². The summed E-state index contributed by atoms with van der Waals surface area (Å²) in [6.07, 6.45) is 5.84. The van der Waals surface area contributed by atoms with E-state index < -0.39 is 12.5 Å². The van der Waals surface area contributed by atoms with E-state index in [1.54, 1.807) is 11.8 Å². The number of allylic oxidation sites excluding steroid dienone is 4. The van der Waals surface area contributed by atoms with Crippen LogP contribution in [-0.2, 0) is 9.59 Å². The Labute approximate surface area is 194 Å². The number of benzene rings is 2. The second-order valence-corrected chi connectivity index (χ2v) is 9.75. The molecule has 1 saturated heterocycles. The summed E-state index contributed by atoms with van der Waals surface area (Å²) in [5.41, 5.74) is 1.97. The van der Waals surface area contributed by atoms with Crippen molar-refractivity contribution in [3.63, 3.8) is 0 Å². The van der Waals surface area contributed by atoms with Crippen LogP contribution in [0.3, 0.4) is 0 Å². The van der Waals surface area contributed by atoms with Gasteiger partial charge in [0.1, 0.15) is 10.9 Å². The number of thioether (sulfide) groups is 2. The summed E-state index contributed by atoms with van der Waals surface area (Å²) >= 11 is 8.04. The Bertz CT molecular complexity index is 1200. The summed E-state index contributed by atoms with van der Waals surface area (Å²) in [5.74, 6) is -1.43. The van der Waals surface area contributed by atoms with Gasteiger partial charge in [-0.3, -0.25) is 14.5 Å². The normalized spacial score (nSPS) is 19.2. The molecule has 0 aliphatic carbocycles. The number of rotatable bonds is 5. The average Bonchev–Trinajstić information content (AvgIpc) is 3.22. The molecule has 0 spiro atoms. The van der Waals surface area contributed by atoms with Crippen LogP contribution in [0.2, 0.25) is 0 Å². The highest BCUT2D eigenvalue weighted by molar-refractivity contribution is 8.26. The average molecular weight is 469 g/mol. The van der Waals surface area contributed by atoms with Crippen molar-refractivity contribution in [3.8, 4) is 0 Å². The molecule has 5 nitrogen and oxygen atoms in total. The second-order valence-electron chi connectivity index (χ2n) is 7.04. The zero-order valence-corrected chi connectivity index (χ0v) is 19.4. The first kappa shape index (κ1) is 21.7. The molecule has 0 bridgehead atoms. The minimum absolute atomic E-state index is 0.277. The van der Waals surface area contributed by atoms with E-state index in [1.165, 1.54) is 21.4 Å². The van der Waals surface area contributed by atoms with E-state index in [0.717, 1.165) is 33.8 Å². The lowest BCUT2D eigenvalue weighted by Gasteiger charge is -2.18. The minimum Gasteiger partial charge on any atom is -0.480 e. The van der Waals surface area contributed by atoms with Crippen LogP contribution in [0.1, 0.15) is 13.8 Å². The van der Waals surface area contributed by atoms with E-state index in [-0.39, 0.29) is 10.2 Å². The molecule has 158 valence electrons. The quantitative estimate of drug-likeness (QED) is 0.466. The molecular weight excluding hydrogens is 448 g/mol. The molecule has 0 atom stereocenters. The third kappa shape index (κ3) is 4.28. The van der Waals surface area contributed by atoms with Crippen LogP contribution >= 0.6 is 35.7 Å². The maximum absolute atomic E-state index is 12.5. The molecule has 0 aromatic heterocycles. The fraction of sp³-hybridized carbons (Fsp3) is 0.174. The number of carbonyl (C=O) groups is 2. The molecule has 4 rings (SSSR count). The summed E-state index contributed by atoms with van der Waals surface area (Å²) in [7, 11) is 0. The van der Waals surface area contributed by atoms with Gasteiger partial charge in [-0.05, 0) is 48.4 Å². The Morgan fingerprint density at radius 3 is 2.55 bits per heavy atom. The number of hydrogen-bond acceptors (Lipinski definition) is 6. The van der Waals surface area contributed by atoms with Crippen LogP contribution in [0.4, 0.5) is 5.69 Å². The Morgan fingerprint density at radius 2 is 1.87 bits per heavy atom. The Morgan fingerprint density at radius 1 is 1.16 bits per heavy atom. The zero-order chi connectivity index (χ0) is 22.1. The molecule has 2 aliphatic heterocycles. The number of carboxylic acid groups (broad SMARTS) is 1. The first-order chi connectivity index (χ1) is 14.9. The number of nitrogens with zero attached hydrogens (tertiary/aromatic N) is 2. The summed E-state index contributed by atoms with van der Waals surface area (Å²) in [4.78, 5) is 28.6. The fourth-order valence-electron chi connectivity index (χ4n) is 3.50. The fourth-order valence-corrected chi connectivity index (χ4v) is 5.92. The lowest BCUT2D eigenvalue weighted by molar-refractivity contribution is -0.140. The van der Waals surface area contributed by atoms with Gasteiger partial charge in [0.15, 0.2) is 0 Å². The number of anilines is 1. The first-order valence-corrected chi connectivity index (χ1v) is 11.8. The maximum atomic E-state index is 12.5. The molecule has 31 heavy (non-hydrogen) atoms. The Balaban J connectivity index is 1.57. The molecule has 1 amide bonds. The van der Waals surface area contributed by atoms with E-state index in [0.29, 0.717) is 4.91 Å². The number of fused-ring (bicyclic) bond motifs is 2. The highest BCUT2D eigenvalue weighted by Crippen LogP contribution is 2.47. The van der Waals surface area contributed by atoms with Crippen LogP contribution in [0.15, 0.2) is 75.0 Å². The van der Waals surface area contributed by atoms with Crippen LogP contribution in [-0.4, -0.2) is 39.3 Å². The standard InChI is InChI=1S/C23H20N2O3S3/c1-3-24-17-11-15-8-4-5-9-16(15)12-18(17)30-19(24)10-6-7-14(2)21-22(28)25(13-20(26)27)23(29)31-21/h4-12H,3,13H2,1-2H3,(H,26,27). The van der Waals surface area contributed by atoms with Gasteiger partial charge in [0, 0.05) is 11.4 Å². The molecule has 1 N–H and O–H groups in total. The van der Waals surface area contributed by atoms with Gasteiger partial charge in [-0.2, -0.15) is 0 Å². The summed E-state index contributed by atoms with van der Waals surface area (Å²) < 4.78 is 0.277. The van der Waals surface area contributed by atoms with Crippen molar-refractivity contribution < 1.29 is 14.7 Å². The molecule has 2 aliphatic rings. The summed E-state index contributed by atoms with van der Waals surface area (Å²) in [5, 5.41) is 12.5. The number of aliphatic carboxylic acids is 1. The highest BCUT2D eigenvalue weighted by Gasteiger charge is 2.34. The highest BCUT2D eigenvalue weighted by atomic mass is 32.2.